The Hall–Kier alpha value is -3.77. The molecule has 2 heterocycles. The average Bonchev–Trinajstić information content (AvgIpc) is 3.32. The molecule has 0 aliphatic rings. The first-order chi connectivity index (χ1) is 18.2. The van der Waals surface area contributed by atoms with Crippen LogP contribution in [0.2, 0.25) is 0 Å². The van der Waals surface area contributed by atoms with Gasteiger partial charge >= 0.3 is 0 Å². The molecule has 1 amide bonds. The monoisotopic (exact) mass is 562 g/mol. The van der Waals surface area contributed by atoms with Crippen LogP contribution in [-0.4, -0.2) is 29.6 Å². The van der Waals surface area contributed by atoms with E-state index in [0.717, 1.165) is 28.5 Å². The van der Waals surface area contributed by atoms with Crippen molar-refractivity contribution in [2.75, 3.05) is 11.1 Å². The Labute approximate surface area is 227 Å². The second-order valence-electron chi connectivity index (χ2n) is 8.47. The van der Waals surface area contributed by atoms with E-state index in [4.69, 9.17) is 10.1 Å². The van der Waals surface area contributed by atoms with E-state index < -0.39 is 10.0 Å². The summed E-state index contributed by atoms with van der Waals surface area (Å²) in [6.07, 6.45) is 0. The molecule has 3 aromatic carbocycles. The molecule has 0 bridgehead atoms. The number of carbonyl (C=O) groups excluding carboxylic acids is 1. The van der Waals surface area contributed by atoms with E-state index in [9.17, 15) is 18.0 Å². The van der Waals surface area contributed by atoms with Crippen LogP contribution in [0.15, 0.2) is 99.1 Å². The summed E-state index contributed by atoms with van der Waals surface area (Å²) in [6.45, 7) is 2.01. The third kappa shape index (κ3) is 5.41. The molecule has 11 heteroatoms. The predicted molar refractivity (Wildman–Crippen MR) is 153 cm³/mol. The summed E-state index contributed by atoms with van der Waals surface area (Å²) >= 11 is 2.53. The van der Waals surface area contributed by atoms with Crippen LogP contribution in [0.4, 0.5) is 5.69 Å². The van der Waals surface area contributed by atoms with E-state index in [1.807, 2.05) is 66.9 Å². The van der Waals surface area contributed by atoms with Crippen LogP contribution in [0.1, 0.15) is 5.56 Å². The van der Waals surface area contributed by atoms with Crippen molar-refractivity contribution >= 4 is 54.9 Å². The van der Waals surface area contributed by atoms with E-state index in [-0.39, 0.29) is 22.1 Å². The standard InChI is InChI=1S/C27H22N4O4S3/c1-17-7-9-18(10-8-17)22-15-36-25-24(22)26(33)31(20-5-3-2-4-6-20)27(30-25)37-16-23(32)29-19-11-13-21(14-12-19)38(28,34)35/h2-15H,16H2,1H3,(H,29,32)(H2,28,34,35). The summed E-state index contributed by atoms with van der Waals surface area (Å²) in [7, 11) is -3.82. The van der Waals surface area contributed by atoms with E-state index in [2.05, 4.69) is 5.32 Å². The summed E-state index contributed by atoms with van der Waals surface area (Å²) < 4.78 is 24.4. The lowest BCUT2D eigenvalue weighted by molar-refractivity contribution is -0.113. The largest absolute Gasteiger partial charge is 0.325 e. The molecule has 8 nitrogen and oxygen atoms in total. The van der Waals surface area contributed by atoms with Gasteiger partial charge in [0.05, 0.1) is 21.7 Å². The van der Waals surface area contributed by atoms with Crippen molar-refractivity contribution < 1.29 is 13.2 Å². The lowest BCUT2D eigenvalue weighted by Crippen LogP contribution is -2.22. The molecule has 0 fully saturated rings. The smallest absolute Gasteiger partial charge is 0.268 e. The molecule has 192 valence electrons. The van der Waals surface area contributed by atoms with Crippen molar-refractivity contribution in [3.8, 4) is 16.8 Å². The number of hydrogen-bond donors (Lipinski definition) is 2. The highest BCUT2D eigenvalue weighted by Gasteiger charge is 2.19. The van der Waals surface area contributed by atoms with Crippen LogP contribution in [0, 0.1) is 6.92 Å². The topological polar surface area (TPSA) is 124 Å². The predicted octanol–water partition coefficient (Wildman–Crippen LogP) is 4.80. The number of carbonyl (C=O) groups is 1. The number of hydrogen-bond acceptors (Lipinski definition) is 7. The molecule has 38 heavy (non-hydrogen) atoms. The molecule has 0 unspecified atom stereocenters. The van der Waals surface area contributed by atoms with Gasteiger partial charge in [0, 0.05) is 16.6 Å². The second-order valence-corrected chi connectivity index (χ2v) is 11.8. The van der Waals surface area contributed by atoms with Gasteiger partial charge in [-0.25, -0.2) is 18.5 Å². The van der Waals surface area contributed by atoms with Crippen LogP contribution in [0.5, 0.6) is 0 Å². The van der Waals surface area contributed by atoms with Crippen LogP contribution < -0.4 is 16.0 Å². The first-order valence-corrected chi connectivity index (χ1v) is 14.8. The highest BCUT2D eigenvalue weighted by molar-refractivity contribution is 7.99. The third-order valence-corrected chi connectivity index (χ3v) is 8.49. The zero-order chi connectivity index (χ0) is 26.9. The minimum atomic E-state index is -3.82. The van der Waals surface area contributed by atoms with Gasteiger partial charge in [-0.05, 0) is 48.9 Å². The average molecular weight is 563 g/mol. The number of thioether (sulfide) groups is 1. The summed E-state index contributed by atoms with van der Waals surface area (Å²) in [5, 5.41) is 10.7. The van der Waals surface area contributed by atoms with Gasteiger partial charge in [0.15, 0.2) is 5.16 Å². The number of aryl methyl sites for hydroxylation is 1. The zero-order valence-corrected chi connectivity index (χ0v) is 22.6. The number of primary sulfonamides is 1. The maximum atomic E-state index is 13.9. The maximum absolute atomic E-state index is 13.9. The van der Waals surface area contributed by atoms with Gasteiger partial charge in [-0.15, -0.1) is 11.3 Å². The maximum Gasteiger partial charge on any atom is 0.268 e. The van der Waals surface area contributed by atoms with Crippen molar-refractivity contribution in [3.63, 3.8) is 0 Å². The van der Waals surface area contributed by atoms with E-state index in [1.165, 1.54) is 40.2 Å². The van der Waals surface area contributed by atoms with Gasteiger partial charge in [-0.3, -0.25) is 14.2 Å². The van der Waals surface area contributed by atoms with Crippen molar-refractivity contribution in [3.05, 3.63) is 100 Å². The molecule has 0 aliphatic carbocycles. The van der Waals surface area contributed by atoms with E-state index >= 15 is 0 Å². The molecule has 0 saturated carbocycles. The normalized spacial score (nSPS) is 11.5. The van der Waals surface area contributed by atoms with E-state index in [1.54, 1.807) is 0 Å². The molecule has 0 aliphatic heterocycles. The number of nitrogens with zero attached hydrogens (tertiary/aromatic N) is 2. The van der Waals surface area contributed by atoms with Gasteiger partial charge in [-0.1, -0.05) is 59.8 Å². The first-order valence-electron chi connectivity index (χ1n) is 11.4. The Balaban J connectivity index is 1.47. The van der Waals surface area contributed by atoms with Crippen LogP contribution in [0.25, 0.3) is 27.0 Å². The van der Waals surface area contributed by atoms with Crippen LogP contribution >= 0.6 is 23.1 Å². The van der Waals surface area contributed by atoms with Crippen molar-refractivity contribution in [1.82, 2.24) is 9.55 Å². The molecular weight excluding hydrogens is 541 g/mol. The summed E-state index contributed by atoms with van der Waals surface area (Å²) in [6, 6.07) is 22.8. The fourth-order valence-corrected chi connectivity index (χ4v) is 6.19. The molecule has 5 rings (SSSR count). The van der Waals surface area contributed by atoms with Crippen molar-refractivity contribution in [2.45, 2.75) is 17.0 Å². The minimum Gasteiger partial charge on any atom is -0.325 e. The Morgan fingerprint density at radius 1 is 1.03 bits per heavy atom. The molecule has 5 aromatic rings. The summed E-state index contributed by atoms with van der Waals surface area (Å²) in [5.74, 6) is -0.350. The lowest BCUT2D eigenvalue weighted by Gasteiger charge is -2.13. The number of rotatable bonds is 7. The number of anilines is 1. The number of amides is 1. The number of benzene rings is 3. The Morgan fingerprint density at radius 3 is 2.37 bits per heavy atom. The van der Waals surface area contributed by atoms with Gasteiger partial charge in [0.25, 0.3) is 5.56 Å². The van der Waals surface area contributed by atoms with Gasteiger partial charge in [0.1, 0.15) is 4.83 Å². The molecular formula is C27H22N4O4S3. The van der Waals surface area contributed by atoms with Gasteiger partial charge < -0.3 is 5.32 Å². The number of nitrogens with one attached hydrogen (secondary N) is 1. The second kappa shape index (κ2) is 10.5. The number of sulfonamides is 1. The molecule has 0 atom stereocenters. The molecule has 2 aromatic heterocycles. The Bertz CT molecular complexity index is 1800. The van der Waals surface area contributed by atoms with Crippen LogP contribution in [0.3, 0.4) is 0 Å². The van der Waals surface area contributed by atoms with Crippen molar-refractivity contribution in [2.24, 2.45) is 5.14 Å². The number of fused-ring (bicyclic) bond motifs is 1. The Morgan fingerprint density at radius 2 is 1.71 bits per heavy atom. The van der Waals surface area contributed by atoms with Crippen molar-refractivity contribution in [1.29, 1.82) is 0 Å². The molecule has 0 saturated heterocycles. The summed E-state index contributed by atoms with van der Waals surface area (Å²) in [4.78, 5) is 31.9. The van der Waals surface area contributed by atoms with Gasteiger partial charge in [0.2, 0.25) is 15.9 Å². The summed E-state index contributed by atoms with van der Waals surface area (Å²) in [5.41, 5.74) is 3.75. The number of thiophene rings is 1. The molecule has 0 spiro atoms. The highest BCUT2D eigenvalue weighted by atomic mass is 32.2. The Kier molecular flexibility index (Phi) is 7.17. The fraction of sp³-hybridized carbons (Fsp3) is 0.0741. The molecule has 3 N–H and O–H groups in total. The first kappa shape index (κ1) is 25.9. The van der Waals surface area contributed by atoms with E-state index in [0.29, 0.717) is 26.7 Å². The number of aromatic nitrogens is 2. The fourth-order valence-electron chi connectivity index (χ4n) is 3.87. The SMILES string of the molecule is Cc1ccc(-c2csc3nc(SCC(=O)Nc4ccc(S(N)(=O)=O)cc4)n(-c4ccccc4)c(=O)c23)cc1. The third-order valence-electron chi connectivity index (χ3n) is 5.75. The minimum absolute atomic E-state index is 0.0160. The molecule has 0 radical (unpaired) electrons. The van der Waals surface area contributed by atoms with Gasteiger partial charge in [-0.2, -0.15) is 0 Å². The highest BCUT2D eigenvalue weighted by Crippen LogP contribution is 2.33. The quantitative estimate of drug-likeness (QED) is 0.217. The zero-order valence-electron chi connectivity index (χ0n) is 20.1. The van der Waals surface area contributed by atoms with Crippen LogP contribution in [-0.2, 0) is 14.8 Å². The number of nitrogens with two attached hydrogens (primary N) is 1. The lowest BCUT2D eigenvalue weighted by atomic mass is 10.1. The number of para-hydroxylation sites is 1.